The lowest BCUT2D eigenvalue weighted by Gasteiger charge is -2.31. The van der Waals surface area contributed by atoms with E-state index in [1.807, 2.05) is 6.07 Å². The first-order valence-corrected chi connectivity index (χ1v) is 16.9. The van der Waals surface area contributed by atoms with Crippen LogP contribution in [0.1, 0.15) is 48.4 Å². The van der Waals surface area contributed by atoms with Crippen molar-refractivity contribution >= 4 is 34.1 Å². The highest BCUT2D eigenvalue weighted by Gasteiger charge is 2.38. The van der Waals surface area contributed by atoms with Crippen LogP contribution in [-0.2, 0) is 0 Å². The van der Waals surface area contributed by atoms with Crippen LogP contribution in [0.2, 0.25) is 37.3 Å². The van der Waals surface area contributed by atoms with E-state index >= 15 is 0 Å². The molecule has 2 aromatic rings. The van der Waals surface area contributed by atoms with Crippen molar-refractivity contribution in [1.82, 2.24) is 0 Å². The van der Waals surface area contributed by atoms with Gasteiger partial charge >= 0.3 is 0 Å². The minimum absolute atomic E-state index is 0.0672. The molecule has 0 atom stereocenters. The van der Waals surface area contributed by atoms with E-state index in [1.54, 1.807) is 12.1 Å². The van der Waals surface area contributed by atoms with Crippen LogP contribution >= 0.6 is 0 Å². The lowest BCUT2D eigenvalue weighted by molar-refractivity contribution is 0.0926. The van der Waals surface area contributed by atoms with E-state index in [4.69, 9.17) is 8.85 Å². The zero-order valence-electron chi connectivity index (χ0n) is 20.1. The number of imide groups is 1. The van der Waals surface area contributed by atoms with E-state index in [-0.39, 0.29) is 11.1 Å². The number of rotatable bonds is 7. The first-order chi connectivity index (χ1) is 14.7. The fourth-order valence-electron chi connectivity index (χ4n) is 3.09. The SMILES string of the molecule is CC(C)[Si](C)(C)Oc1cc(O[Si](C)(C)C(C)C)cc(N2C(=O)c3ccc(F)cc3C2=O)c1. The molecule has 3 rings (SSSR count). The Hall–Kier alpha value is -2.46. The molecule has 8 heteroatoms. The normalized spacial score (nSPS) is 14.4. The predicted octanol–water partition coefficient (Wildman–Crippen LogP) is 6.61. The molecular formula is C24H32FNO4Si2. The van der Waals surface area contributed by atoms with Crippen LogP contribution in [0.5, 0.6) is 11.5 Å². The predicted molar refractivity (Wildman–Crippen MR) is 130 cm³/mol. The average molecular weight is 474 g/mol. The van der Waals surface area contributed by atoms with E-state index in [0.29, 0.717) is 28.3 Å². The summed E-state index contributed by atoms with van der Waals surface area (Å²) in [6.07, 6.45) is 0. The van der Waals surface area contributed by atoms with Gasteiger partial charge in [0.2, 0.25) is 16.6 Å². The summed E-state index contributed by atoms with van der Waals surface area (Å²) >= 11 is 0. The molecule has 0 unspecified atom stereocenters. The highest BCUT2D eigenvalue weighted by atomic mass is 28.4. The molecule has 1 heterocycles. The number of hydrogen-bond donors (Lipinski definition) is 0. The first kappa shape index (κ1) is 24.2. The molecular weight excluding hydrogens is 441 g/mol. The lowest BCUT2D eigenvalue weighted by atomic mass is 10.1. The van der Waals surface area contributed by atoms with Crippen LogP contribution < -0.4 is 13.8 Å². The minimum Gasteiger partial charge on any atom is -0.544 e. The van der Waals surface area contributed by atoms with Gasteiger partial charge in [-0.1, -0.05) is 27.7 Å². The van der Waals surface area contributed by atoms with Gasteiger partial charge in [0.15, 0.2) is 0 Å². The molecule has 0 aromatic heterocycles. The molecule has 0 N–H and O–H groups in total. The monoisotopic (exact) mass is 473 g/mol. The van der Waals surface area contributed by atoms with Gasteiger partial charge in [0, 0.05) is 18.2 Å². The van der Waals surface area contributed by atoms with Crippen molar-refractivity contribution in [3.05, 3.63) is 53.3 Å². The van der Waals surface area contributed by atoms with Crippen LogP contribution in [0.4, 0.5) is 10.1 Å². The van der Waals surface area contributed by atoms with Crippen LogP contribution in [0.3, 0.4) is 0 Å². The average Bonchev–Trinajstić information content (AvgIpc) is 2.90. The summed E-state index contributed by atoms with van der Waals surface area (Å²) in [7, 11) is -4.15. The van der Waals surface area contributed by atoms with Crippen molar-refractivity contribution < 1.29 is 22.8 Å². The van der Waals surface area contributed by atoms with Gasteiger partial charge in [-0.15, -0.1) is 0 Å². The highest BCUT2D eigenvalue weighted by molar-refractivity contribution is 6.73. The smallest absolute Gasteiger partial charge is 0.266 e. The molecule has 0 aliphatic carbocycles. The molecule has 1 aliphatic rings. The number of hydrogen-bond acceptors (Lipinski definition) is 4. The molecule has 1 aliphatic heterocycles. The van der Waals surface area contributed by atoms with Gasteiger partial charge in [-0.3, -0.25) is 9.59 Å². The van der Waals surface area contributed by atoms with Crippen LogP contribution in [0.15, 0.2) is 36.4 Å². The van der Waals surface area contributed by atoms with E-state index in [9.17, 15) is 14.0 Å². The molecule has 5 nitrogen and oxygen atoms in total. The molecule has 32 heavy (non-hydrogen) atoms. The quantitative estimate of drug-likeness (QED) is 0.335. The molecule has 0 bridgehead atoms. The van der Waals surface area contributed by atoms with Gasteiger partial charge in [0.1, 0.15) is 17.3 Å². The number of carbonyl (C=O) groups is 2. The Morgan fingerprint density at radius 3 is 1.69 bits per heavy atom. The van der Waals surface area contributed by atoms with Crippen LogP contribution in [-0.4, -0.2) is 28.4 Å². The Morgan fingerprint density at radius 2 is 1.22 bits per heavy atom. The van der Waals surface area contributed by atoms with Gasteiger partial charge in [-0.25, -0.2) is 9.29 Å². The van der Waals surface area contributed by atoms with Crippen LogP contribution in [0, 0.1) is 5.82 Å². The summed E-state index contributed by atoms with van der Waals surface area (Å²) in [5.41, 5.74) is 1.35. The second kappa shape index (κ2) is 8.48. The van der Waals surface area contributed by atoms with Gasteiger partial charge in [0.05, 0.1) is 16.8 Å². The number of halogens is 1. The van der Waals surface area contributed by atoms with Crippen molar-refractivity contribution in [1.29, 1.82) is 0 Å². The fraction of sp³-hybridized carbons (Fsp3) is 0.417. The van der Waals surface area contributed by atoms with Crippen molar-refractivity contribution in [2.45, 2.75) is 65.0 Å². The summed E-state index contributed by atoms with van der Waals surface area (Å²) in [5, 5.41) is 0. The Morgan fingerprint density at radius 1 is 0.750 bits per heavy atom. The molecule has 0 saturated heterocycles. The maximum Gasteiger partial charge on any atom is 0.266 e. The van der Waals surface area contributed by atoms with Crippen molar-refractivity contribution in [3.8, 4) is 11.5 Å². The number of amides is 2. The zero-order chi connectivity index (χ0) is 24.0. The molecule has 2 amide bonds. The molecule has 2 aromatic carbocycles. The highest BCUT2D eigenvalue weighted by Crippen LogP contribution is 2.37. The third kappa shape index (κ3) is 4.66. The van der Waals surface area contributed by atoms with Crippen molar-refractivity contribution in [2.24, 2.45) is 0 Å². The second-order valence-electron chi connectivity index (χ2n) is 10.0. The van der Waals surface area contributed by atoms with E-state index in [2.05, 4.69) is 53.9 Å². The lowest BCUT2D eigenvalue weighted by Crippen LogP contribution is -2.38. The van der Waals surface area contributed by atoms with Crippen molar-refractivity contribution in [2.75, 3.05) is 4.90 Å². The molecule has 0 radical (unpaired) electrons. The number of nitrogens with zero attached hydrogens (tertiary/aromatic N) is 1. The molecule has 0 fully saturated rings. The van der Waals surface area contributed by atoms with E-state index in [0.717, 1.165) is 11.0 Å². The number of benzene rings is 2. The largest absolute Gasteiger partial charge is 0.544 e. The van der Waals surface area contributed by atoms with Gasteiger partial charge in [0.25, 0.3) is 11.8 Å². The van der Waals surface area contributed by atoms with Crippen LogP contribution in [0.25, 0.3) is 0 Å². The standard InChI is InChI=1S/C24H32FNO4Si2/c1-15(2)31(5,6)29-19-12-18(13-20(14-19)30-32(7,8)16(3)4)26-23(27)21-10-9-17(25)11-22(21)24(26)28/h9-16H,1-8H3. The third-order valence-electron chi connectivity index (χ3n) is 6.51. The van der Waals surface area contributed by atoms with E-state index < -0.39 is 34.3 Å². The van der Waals surface area contributed by atoms with Gasteiger partial charge in [-0.05, 0) is 55.5 Å². The summed E-state index contributed by atoms with van der Waals surface area (Å²) in [4.78, 5) is 27.2. The second-order valence-corrected chi connectivity index (χ2v) is 19.2. The molecule has 0 spiro atoms. The maximum atomic E-state index is 13.7. The number of anilines is 1. The summed E-state index contributed by atoms with van der Waals surface area (Å²) in [5.74, 6) is -0.442. The molecule has 172 valence electrons. The Bertz CT molecular complexity index is 1030. The molecule has 0 saturated carbocycles. The zero-order valence-corrected chi connectivity index (χ0v) is 22.1. The topological polar surface area (TPSA) is 55.8 Å². The van der Waals surface area contributed by atoms with E-state index in [1.165, 1.54) is 12.1 Å². The van der Waals surface area contributed by atoms with Gasteiger partial charge in [-0.2, -0.15) is 0 Å². The summed E-state index contributed by atoms with van der Waals surface area (Å²) < 4.78 is 26.6. The fourth-order valence-corrected chi connectivity index (χ4v) is 5.02. The first-order valence-electron chi connectivity index (χ1n) is 10.9. The maximum absolute atomic E-state index is 13.7. The summed E-state index contributed by atoms with van der Waals surface area (Å²) in [6.45, 7) is 17.0. The summed E-state index contributed by atoms with van der Waals surface area (Å²) in [6, 6.07) is 8.89. The number of carbonyl (C=O) groups excluding carboxylic acids is 2. The Kier molecular flexibility index (Phi) is 6.41. The van der Waals surface area contributed by atoms with Crippen molar-refractivity contribution in [3.63, 3.8) is 0 Å². The van der Waals surface area contributed by atoms with Gasteiger partial charge < -0.3 is 8.85 Å². The Balaban J connectivity index is 2.09. The third-order valence-corrected chi connectivity index (χ3v) is 13.6. The Labute approximate surface area is 191 Å². The number of fused-ring (bicyclic) bond motifs is 1. The minimum atomic E-state index is -2.07.